The van der Waals surface area contributed by atoms with Gasteiger partial charge in [0.1, 0.15) is 0 Å². The molecule has 0 N–H and O–H groups in total. The Kier molecular flexibility index (Phi) is 2.35. The number of alkyl halides is 1. The highest BCUT2D eigenvalue weighted by molar-refractivity contribution is 6.18. The number of ether oxygens (including phenoxy) is 2. The Hall–Kier alpha value is -0.510. The van der Waals surface area contributed by atoms with E-state index in [-0.39, 0.29) is 12.4 Å². The second-order valence-electron chi connectivity index (χ2n) is 2.59. The van der Waals surface area contributed by atoms with Gasteiger partial charge in [0.05, 0.1) is 24.9 Å². The molecule has 3 nitrogen and oxygen atoms in total. The van der Waals surface area contributed by atoms with Gasteiger partial charge in [-0.05, 0) is 12.1 Å². The lowest BCUT2D eigenvalue weighted by atomic mass is 10.4. The molecule has 2 heterocycles. The van der Waals surface area contributed by atoms with Crippen molar-refractivity contribution in [2.75, 3.05) is 12.5 Å². The summed E-state index contributed by atoms with van der Waals surface area (Å²) < 4.78 is 15.8. The summed E-state index contributed by atoms with van der Waals surface area (Å²) in [6, 6.07) is 3.62. The van der Waals surface area contributed by atoms with Gasteiger partial charge in [0.2, 0.25) is 6.29 Å². The van der Waals surface area contributed by atoms with Gasteiger partial charge in [0, 0.05) is 0 Å². The molecule has 0 aliphatic carbocycles. The van der Waals surface area contributed by atoms with Crippen molar-refractivity contribution in [2.24, 2.45) is 0 Å². The summed E-state index contributed by atoms with van der Waals surface area (Å²) in [7, 11) is 0. The molecule has 12 heavy (non-hydrogen) atoms. The van der Waals surface area contributed by atoms with Crippen LogP contribution < -0.4 is 0 Å². The molecule has 1 aromatic heterocycles. The van der Waals surface area contributed by atoms with Crippen molar-refractivity contribution in [1.29, 1.82) is 0 Å². The van der Waals surface area contributed by atoms with E-state index in [0.29, 0.717) is 18.2 Å². The Bertz CT molecular complexity index is 234. The molecule has 4 heteroatoms. The zero-order chi connectivity index (χ0) is 8.39. The Morgan fingerprint density at radius 3 is 3.08 bits per heavy atom. The first-order valence-electron chi connectivity index (χ1n) is 3.76. The van der Waals surface area contributed by atoms with E-state index in [0.717, 1.165) is 0 Å². The SMILES string of the molecule is ClC[C@H]1CO[C@H](c2ccco2)O1. The summed E-state index contributed by atoms with van der Waals surface area (Å²) in [4.78, 5) is 0. The van der Waals surface area contributed by atoms with Crippen molar-refractivity contribution in [1.82, 2.24) is 0 Å². The lowest BCUT2D eigenvalue weighted by Crippen LogP contribution is -2.10. The molecule has 0 saturated carbocycles. The van der Waals surface area contributed by atoms with Gasteiger partial charge >= 0.3 is 0 Å². The minimum absolute atomic E-state index is 0.0123. The van der Waals surface area contributed by atoms with Crippen LogP contribution in [0.25, 0.3) is 0 Å². The molecule has 0 spiro atoms. The zero-order valence-corrected chi connectivity index (χ0v) is 7.16. The van der Waals surface area contributed by atoms with Crippen LogP contribution >= 0.6 is 11.6 Å². The molecular formula is C8H9ClO3. The standard InChI is InChI=1S/C8H9ClO3/c9-4-6-5-11-8(12-6)7-2-1-3-10-7/h1-3,6,8H,4-5H2/t6-,8-/m0/s1. The van der Waals surface area contributed by atoms with Crippen molar-refractivity contribution < 1.29 is 13.9 Å². The molecule has 1 saturated heterocycles. The largest absolute Gasteiger partial charge is 0.464 e. The quantitative estimate of drug-likeness (QED) is 0.665. The molecular weight excluding hydrogens is 180 g/mol. The van der Waals surface area contributed by atoms with E-state index >= 15 is 0 Å². The minimum atomic E-state index is -0.372. The summed E-state index contributed by atoms with van der Waals surface area (Å²) in [5.41, 5.74) is 0. The van der Waals surface area contributed by atoms with Crippen molar-refractivity contribution in [3.05, 3.63) is 24.2 Å². The number of hydrogen-bond donors (Lipinski definition) is 0. The summed E-state index contributed by atoms with van der Waals surface area (Å²) in [6.07, 6.45) is 1.21. The smallest absolute Gasteiger partial charge is 0.217 e. The highest BCUT2D eigenvalue weighted by Crippen LogP contribution is 2.27. The second-order valence-corrected chi connectivity index (χ2v) is 2.90. The van der Waals surface area contributed by atoms with Gasteiger partial charge < -0.3 is 13.9 Å². The first kappa shape index (κ1) is 8.10. The van der Waals surface area contributed by atoms with E-state index in [2.05, 4.69) is 0 Å². The molecule has 2 atom stereocenters. The van der Waals surface area contributed by atoms with Gasteiger partial charge in [0.25, 0.3) is 0 Å². The maximum Gasteiger partial charge on any atom is 0.217 e. The van der Waals surface area contributed by atoms with Gasteiger partial charge in [-0.25, -0.2) is 0 Å². The van der Waals surface area contributed by atoms with Crippen LogP contribution in [0.2, 0.25) is 0 Å². The molecule has 0 bridgehead atoms. The van der Waals surface area contributed by atoms with Gasteiger partial charge in [0.15, 0.2) is 5.76 Å². The van der Waals surface area contributed by atoms with Crippen LogP contribution in [-0.4, -0.2) is 18.6 Å². The fourth-order valence-corrected chi connectivity index (χ4v) is 1.27. The molecule has 0 radical (unpaired) electrons. The van der Waals surface area contributed by atoms with E-state index in [9.17, 15) is 0 Å². The van der Waals surface area contributed by atoms with E-state index in [1.54, 1.807) is 12.3 Å². The third kappa shape index (κ3) is 1.48. The third-order valence-corrected chi connectivity index (χ3v) is 2.04. The lowest BCUT2D eigenvalue weighted by molar-refractivity contribution is -0.0706. The topological polar surface area (TPSA) is 31.6 Å². The number of halogens is 1. The van der Waals surface area contributed by atoms with Crippen molar-refractivity contribution in [2.45, 2.75) is 12.4 Å². The molecule has 1 aliphatic heterocycles. The molecule has 1 aliphatic rings. The second kappa shape index (κ2) is 3.47. The Morgan fingerprint density at radius 2 is 2.50 bits per heavy atom. The summed E-state index contributed by atoms with van der Waals surface area (Å²) in [5.74, 6) is 1.15. The molecule has 66 valence electrons. The predicted octanol–water partition coefficient (Wildman–Crippen LogP) is 1.93. The van der Waals surface area contributed by atoms with E-state index < -0.39 is 0 Å². The van der Waals surface area contributed by atoms with E-state index in [1.165, 1.54) is 0 Å². The molecule has 0 unspecified atom stereocenters. The molecule has 0 amide bonds. The van der Waals surface area contributed by atoms with Crippen LogP contribution in [0.4, 0.5) is 0 Å². The van der Waals surface area contributed by atoms with Gasteiger partial charge in [-0.3, -0.25) is 0 Å². The van der Waals surface area contributed by atoms with Crippen LogP contribution in [0.3, 0.4) is 0 Å². The summed E-state index contributed by atoms with van der Waals surface area (Å²) >= 11 is 5.60. The van der Waals surface area contributed by atoms with Gasteiger partial charge in [-0.2, -0.15) is 0 Å². The minimum Gasteiger partial charge on any atom is -0.464 e. The highest BCUT2D eigenvalue weighted by atomic mass is 35.5. The Balaban J connectivity index is 2.00. The van der Waals surface area contributed by atoms with Crippen LogP contribution in [0, 0.1) is 0 Å². The molecule has 1 aromatic rings. The number of hydrogen-bond acceptors (Lipinski definition) is 3. The van der Waals surface area contributed by atoms with Gasteiger partial charge in [-0.1, -0.05) is 0 Å². The highest BCUT2D eigenvalue weighted by Gasteiger charge is 2.28. The average Bonchev–Trinajstić information content (AvgIpc) is 2.75. The predicted molar refractivity (Wildman–Crippen MR) is 43.0 cm³/mol. The molecule has 2 rings (SSSR count). The van der Waals surface area contributed by atoms with E-state index in [4.69, 9.17) is 25.5 Å². The van der Waals surface area contributed by atoms with Crippen LogP contribution in [-0.2, 0) is 9.47 Å². The van der Waals surface area contributed by atoms with Crippen molar-refractivity contribution >= 4 is 11.6 Å². The monoisotopic (exact) mass is 188 g/mol. The van der Waals surface area contributed by atoms with E-state index in [1.807, 2.05) is 6.07 Å². The third-order valence-electron chi connectivity index (χ3n) is 1.70. The Labute approximate surface area is 75.2 Å². The number of rotatable bonds is 2. The fraction of sp³-hybridized carbons (Fsp3) is 0.500. The maximum absolute atomic E-state index is 5.60. The van der Waals surface area contributed by atoms with Crippen LogP contribution in [0.1, 0.15) is 12.1 Å². The lowest BCUT2D eigenvalue weighted by Gasteiger charge is -2.05. The van der Waals surface area contributed by atoms with Crippen LogP contribution in [0.5, 0.6) is 0 Å². The maximum atomic E-state index is 5.60. The molecule has 0 aromatic carbocycles. The molecule has 1 fully saturated rings. The summed E-state index contributed by atoms with van der Waals surface area (Å²) in [5, 5.41) is 0. The first-order chi connectivity index (χ1) is 5.90. The zero-order valence-electron chi connectivity index (χ0n) is 6.40. The van der Waals surface area contributed by atoms with Crippen LogP contribution in [0.15, 0.2) is 22.8 Å². The fourth-order valence-electron chi connectivity index (χ4n) is 1.10. The van der Waals surface area contributed by atoms with Gasteiger partial charge in [-0.15, -0.1) is 11.6 Å². The summed E-state index contributed by atoms with van der Waals surface area (Å²) in [6.45, 7) is 0.537. The van der Waals surface area contributed by atoms with Crippen molar-refractivity contribution in [3.8, 4) is 0 Å². The normalized spacial score (nSPS) is 29.4. The van der Waals surface area contributed by atoms with Crippen molar-refractivity contribution in [3.63, 3.8) is 0 Å². The Morgan fingerprint density at radius 1 is 1.58 bits per heavy atom. The number of furan rings is 1. The average molecular weight is 189 g/mol. The first-order valence-corrected chi connectivity index (χ1v) is 4.30.